The Bertz CT molecular complexity index is 726. The minimum Gasteiger partial charge on any atom is -0.382 e. The van der Waals surface area contributed by atoms with E-state index >= 15 is 0 Å². The number of aromatic nitrogens is 1. The zero-order valence-electron chi connectivity index (χ0n) is 14.5. The number of nitriles is 1. The fourth-order valence-electron chi connectivity index (χ4n) is 3.21. The lowest BCUT2D eigenvalue weighted by Gasteiger charge is -2.33. The Hall–Kier alpha value is -2.16. The molecule has 24 heavy (non-hydrogen) atoms. The summed E-state index contributed by atoms with van der Waals surface area (Å²) in [6.07, 6.45) is 2.26. The Kier molecular flexibility index (Phi) is 5.29. The molecular weight excluding hydrogens is 298 g/mol. The van der Waals surface area contributed by atoms with Gasteiger partial charge in [0.1, 0.15) is 11.8 Å². The predicted octanol–water partition coefficient (Wildman–Crippen LogP) is 2.54. The van der Waals surface area contributed by atoms with E-state index in [9.17, 15) is 5.26 Å². The van der Waals surface area contributed by atoms with Gasteiger partial charge in [0.15, 0.2) is 0 Å². The van der Waals surface area contributed by atoms with Crippen LogP contribution in [0.4, 0.5) is 5.69 Å². The van der Waals surface area contributed by atoms with Crippen LogP contribution in [0.25, 0.3) is 10.9 Å². The topological polar surface area (TPSA) is 55.2 Å². The van der Waals surface area contributed by atoms with Crippen LogP contribution in [0, 0.1) is 11.3 Å². The number of hydrogen-bond donors (Lipinski definition) is 1. The van der Waals surface area contributed by atoms with Crippen LogP contribution >= 0.6 is 0 Å². The highest BCUT2D eigenvalue weighted by atomic mass is 15.2. The average molecular weight is 323 g/mol. The van der Waals surface area contributed by atoms with Gasteiger partial charge in [0.2, 0.25) is 0 Å². The highest BCUT2D eigenvalue weighted by molar-refractivity contribution is 5.91. The molecule has 0 saturated carbocycles. The Morgan fingerprint density at radius 2 is 2.04 bits per heavy atom. The van der Waals surface area contributed by atoms with Gasteiger partial charge in [0.05, 0.1) is 5.52 Å². The molecular formula is C19H25N5. The summed E-state index contributed by atoms with van der Waals surface area (Å²) in [5.41, 5.74) is 2.38. The second-order valence-electron chi connectivity index (χ2n) is 6.75. The highest BCUT2D eigenvalue weighted by Gasteiger charge is 2.19. The van der Waals surface area contributed by atoms with E-state index in [4.69, 9.17) is 0 Å². The van der Waals surface area contributed by atoms with Crippen LogP contribution in [0.2, 0.25) is 0 Å². The van der Waals surface area contributed by atoms with Crippen molar-refractivity contribution in [2.75, 3.05) is 45.6 Å². The molecule has 5 heteroatoms. The minimum atomic E-state index is 0.456. The van der Waals surface area contributed by atoms with Gasteiger partial charge in [-0.15, -0.1) is 0 Å². The van der Waals surface area contributed by atoms with Crippen molar-refractivity contribution in [1.82, 2.24) is 14.8 Å². The summed E-state index contributed by atoms with van der Waals surface area (Å²) in [6.45, 7) is 4.49. The van der Waals surface area contributed by atoms with Crippen LogP contribution in [-0.4, -0.2) is 61.1 Å². The molecule has 1 saturated heterocycles. The summed E-state index contributed by atoms with van der Waals surface area (Å²) in [5, 5.41) is 14.0. The second-order valence-corrected chi connectivity index (χ2v) is 6.75. The van der Waals surface area contributed by atoms with Gasteiger partial charge < -0.3 is 15.1 Å². The fourth-order valence-corrected chi connectivity index (χ4v) is 3.21. The van der Waals surface area contributed by atoms with E-state index in [1.54, 1.807) is 0 Å². The predicted molar refractivity (Wildman–Crippen MR) is 98.1 cm³/mol. The maximum absolute atomic E-state index is 9.22. The zero-order chi connectivity index (χ0) is 16.9. The SMILES string of the molecule is CN(C)CCN1CCC(Nc2cc(C#N)nc3ccccc23)CC1. The van der Waals surface area contributed by atoms with Gasteiger partial charge in [-0.1, -0.05) is 18.2 Å². The Balaban J connectivity index is 1.67. The number of nitrogens with zero attached hydrogens (tertiary/aromatic N) is 4. The first kappa shape index (κ1) is 16.7. The number of anilines is 1. The third kappa shape index (κ3) is 4.02. The van der Waals surface area contributed by atoms with Crippen LogP contribution in [-0.2, 0) is 0 Å². The van der Waals surface area contributed by atoms with Crippen molar-refractivity contribution in [3.63, 3.8) is 0 Å². The van der Waals surface area contributed by atoms with Crippen molar-refractivity contribution in [1.29, 1.82) is 5.26 Å². The summed E-state index contributed by atoms with van der Waals surface area (Å²) >= 11 is 0. The number of likely N-dealkylation sites (N-methyl/N-ethyl adjacent to an activating group) is 1. The number of likely N-dealkylation sites (tertiary alicyclic amines) is 1. The smallest absolute Gasteiger partial charge is 0.143 e. The Labute approximate surface area is 143 Å². The quantitative estimate of drug-likeness (QED) is 0.916. The molecule has 0 radical (unpaired) electrons. The van der Waals surface area contributed by atoms with E-state index in [-0.39, 0.29) is 0 Å². The zero-order valence-corrected chi connectivity index (χ0v) is 14.5. The third-order valence-electron chi connectivity index (χ3n) is 4.64. The summed E-state index contributed by atoms with van der Waals surface area (Å²) < 4.78 is 0. The molecule has 1 N–H and O–H groups in total. The van der Waals surface area contributed by atoms with Crippen LogP contribution in [0.1, 0.15) is 18.5 Å². The van der Waals surface area contributed by atoms with Gasteiger partial charge in [-0.3, -0.25) is 0 Å². The summed E-state index contributed by atoms with van der Waals surface area (Å²) in [4.78, 5) is 9.15. The monoisotopic (exact) mass is 323 g/mol. The maximum atomic E-state index is 9.22. The summed E-state index contributed by atoms with van der Waals surface area (Å²) in [7, 11) is 4.24. The molecule has 2 heterocycles. The molecule has 5 nitrogen and oxygen atoms in total. The number of benzene rings is 1. The molecule has 1 aliphatic rings. The molecule has 1 fully saturated rings. The number of piperidine rings is 1. The normalized spacial score (nSPS) is 16.4. The molecule has 3 rings (SSSR count). The van der Waals surface area contributed by atoms with Crippen molar-refractivity contribution >= 4 is 16.6 Å². The van der Waals surface area contributed by atoms with Gasteiger partial charge in [-0.2, -0.15) is 5.26 Å². The number of hydrogen-bond acceptors (Lipinski definition) is 5. The number of fused-ring (bicyclic) bond motifs is 1. The van der Waals surface area contributed by atoms with Crippen molar-refractivity contribution < 1.29 is 0 Å². The van der Waals surface area contributed by atoms with Crippen LogP contribution in [0.3, 0.4) is 0 Å². The lowest BCUT2D eigenvalue weighted by atomic mass is 10.0. The molecule has 0 spiro atoms. The molecule has 2 aromatic rings. The Morgan fingerprint density at radius 1 is 1.29 bits per heavy atom. The minimum absolute atomic E-state index is 0.456. The van der Waals surface area contributed by atoms with Crippen molar-refractivity contribution in [2.45, 2.75) is 18.9 Å². The molecule has 0 amide bonds. The highest BCUT2D eigenvalue weighted by Crippen LogP contribution is 2.25. The molecule has 0 atom stereocenters. The van der Waals surface area contributed by atoms with E-state index in [2.05, 4.69) is 46.3 Å². The molecule has 0 bridgehead atoms. The van der Waals surface area contributed by atoms with Crippen LogP contribution in [0.5, 0.6) is 0 Å². The maximum Gasteiger partial charge on any atom is 0.143 e. The number of rotatable bonds is 5. The van der Waals surface area contributed by atoms with Crippen molar-refractivity contribution in [2.24, 2.45) is 0 Å². The van der Waals surface area contributed by atoms with Gasteiger partial charge >= 0.3 is 0 Å². The first-order chi connectivity index (χ1) is 11.7. The Morgan fingerprint density at radius 3 is 2.75 bits per heavy atom. The van der Waals surface area contributed by atoms with Gasteiger partial charge in [0.25, 0.3) is 0 Å². The van der Waals surface area contributed by atoms with E-state index < -0.39 is 0 Å². The average Bonchev–Trinajstić information content (AvgIpc) is 2.61. The van der Waals surface area contributed by atoms with E-state index in [0.29, 0.717) is 11.7 Å². The molecule has 1 aromatic carbocycles. The molecule has 126 valence electrons. The van der Waals surface area contributed by atoms with Crippen molar-refractivity contribution in [3.8, 4) is 6.07 Å². The molecule has 0 unspecified atom stereocenters. The molecule has 1 aliphatic heterocycles. The van der Waals surface area contributed by atoms with Gasteiger partial charge in [-0.25, -0.2) is 4.98 Å². The van der Waals surface area contributed by atoms with E-state index in [1.165, 1.54) is 0 Å². The molecule has 1 aromatic heterocycles. The number of para-hydroxylation sites is 1. The van der Waals surface area contributed by atoms with Crippen LogP contribution in [0.15, 0.2) is 30.3 Å². The van der Waals surface area contributed by atoms with Crippen LogP contribution < -0.4 is 5.32 Å². The van der Waals surface area contributed by atoms with Crippen molar-refractivity contribution in [3.05, 3.63) is 36.0 Å². The van der Waals surface area contributed by atoms with Gasteiger partial charge in [-0.05, 0) is 39.1 Å². The summed E-state index contributed by atoms with van der Waals surface area (Å²) in [6, 6.07) is 12.5. The van der Waals surface area contributed by atoms with Gasteiger partial charge in [0, 0.05) is 43.3 Å². The fraction of sp³-hybridized carbons (Fsp3) is 0.474. The first-order valence-electron chi connectivity index (χ1n) is 8.59. The lowest BCUT2D eigenvalue weighted by molar-refractivity contribution is 0.199. The number of nitrogens with one attached hydrogen (secondary N) is 1. The largest absolute Gasteiger partial charge is 0.382 e. The lowest BCUT2D eigenvalue weighted by Crippen LogP contribution is -2.41. The van der Waals surface area contributed by atoms with E-state index in [0.717, 1.165) is 55.6 Å². The second kappa shape index (κ2) is 7.61. The number of pyridine rings is 1. The molecule has 0 aliphatic carbocycles. The first-order valence-corrected chi connectivity index (χ1v) is 8.59. The summed E-state index contributed by atoms with van der Waals surface area (Å²) in [5.74, 6) is 0. The van der Waals surface area contributed by atoms with E-state index in [1.807, 2.05) is 24.3 Å². The standard InChI is InChI=1S/C19H25N5/c1-23(2)11-12-24-9-7-15(8-10-24)21-19-13-16(14-20)22-18-6-4-3-5-17(18)19/h3-6,13,15H,7-12H2,1-2H3,(H,21,22). The third-order valence-corrected chi connectivity index (χ3v) is 4.64.